The van der Waals surface area contributed by atoms with E-state index in [1.165, 1.54) is 33.5 Å². The summed E-state index contributed by atoms with van der Waals surface area (Å²) in [6.45, 7) is 4.32. The molecule has 2 aromatic heterocycles. The van der Waals surface area contributed by atoms with Gasteiger partial charge >= 0.3 is 6.03 Å². The Morgan fingerprint density at radius 1 is 1.20 bits per heavy atom. The van der Waals surface area contributed by atoms with E-state index in [1.54, 1.807) is 40.3 Å². The Morgan fingerprint density at radius 2 is 2.02 bits per heavy atom. The lowest BCUT2D eigenvalue weighted by Crippen LogP contribution is -2.66. The molecule has 0 aliphatic carbocycles. The number of benzene rings is 2. The third kappa shape index (κ3) is 6.31. The number of aromatic nitrogens is 2. The quantitative estimate of drug-likeness (QED) is 0.225. The lowest BCUT2D eigenvalue weighted by Gasteiger charge is -2.46. The zero-order valence-corrected chi connectivity index (χ0v) is 26.8. The molecule has 0 spiro atoms. The lowest BCUT2D eigenvalue weighted by atomic mass is 10.0. The number of thiazole rings is 1. The lowest BCUT2D eigenvalue weighted by molar-refractivity contribution is -0.157. The summed E-state index contributed by atoms with van der Waals surface area (Å²) in [5.41, 5.74) is 8.79. The van der Waals surface area contributed by atoms with E-state index < -0.39 is 18.2 Å². The SMILES string of the molecule is C=CCN(C(=O)NCc1ccc(Cl)c(Cl)c1)N1CC(=O)N2[C@@H](Cc3ccc(O)cn3)C(=O)N(Cc3cccc4sc(N)nc34)C[C@@H]21. The number of carbonyl (C=O) groups excluding carboxylic acids is 3. The number of carbonyl (C=O) groups is 3. The molecule has 2 fully saturated rings. The van der Waals surface area contributed by atoms with E-state index in [4.69, 9.17) is 28.9 Å². The van der Waals surface area contributed by atoms with Gasteiger partial charge in [0.1, 0.15) is 18.0 Å². The number of hydrogen-bond acceptors (Lipinski definition) is 9. The number of fused-ring (bicyclic) bond motifs is 2. The van der Waals surface area contributed by atoms with Crippen molar-refractivity contribution in [1.82, 2.24) is 35.1 Å². The molecule has 2 aliphatic rings. The maximum Gasteiger partial charge on any atom is 0.332 e. The van der Waals surface area contributed by atoms with Gasteiger partial charge in [-0.2, -0.15) is 5.01 Å². The molecule has 46 heavy (non-hydrogen) atoms. The summed E-state index contributed by atoms with van der Waals surface area (Å²) in [5.74, 6) is -0.576. The molecule has 2 saturated heterocycles. The third-order valence-corrected chi connectivity index (χ3v) is 9.52. The predicted molar refractivity (Wildman–Crippen MR) is 176 cm³/mol. The van der Waals surface area contributed by atoms with E-state index in [0.717, 1.165) is 15.8 Å². The minimum Gasteiger partial charge on any atom is -0.506 e. The first-order valence-electron chi connectivity index (χ1n) is 14.4. The number of hydrogen-bond donors (Lipinski definition) is 3. The molecular formula is C31H30Cl2N8O4S. The van der Waals surface area contributed by atoms with Crippen LogP contribution in [0.3, 0.4) is 0 Å². The molecule has 0 unspecified atom stereocenters. The number of nitrogen functional groups attached to an aromatic ring is 1. The first kappa shape index (κ1) is 31.5. The second-order valence-corrected chi connectivity index (χ2v) is 12.8. The Bertz CT molecular complexity index is 1820. The molecule has 15 heteroatoms. The highest BCUT2D eigenvalue weighted by Crippen LogP contribution is 2.32. The molecule has 238 valence electrons. The van der Waals surface area contributed by atoms with Gasteiger partial charge in [0.05, 0.1) is 46.1 Å². The van der Waals surface area contributed by atoms with Crippen LogP contribution in [0.2, 0.25) is 10.0 Å². The van der Waals surface area contributed by atoms with Gasteiger partial charge in [0.25, 0.3) is 0 Å². The predicted octanol–water partition coefficient (Wildman–Crippen LogP) is 4.02. The summed E-state index contributed by atoms with van der Waals surface area (Å²) < 4.78 is 0.902. The number of amides is 4. The first-order chi connectivity index (χ1) is 22.1. The Morgan fingerprint density at radius 3 is 2.76 bits per heavy atom. The van der Waals surface area contributed by atoms with E-state index in [1.807, 2.05) is 18.2 Å². The van der Waals surface area contributed by atoms with Gasteiger partial charge in [0.15, 0.2) is 5.13 Å². The second kappa shape index (κ2) is 13.1. The second-order valence-electron chi connectivity index (χ2n) is 10.9. The van der Waals surface area contributed by atoms with Crippen LogP contribution in [0.15, 0.2) is 67.4 Å². The molecule has 0 radical (unpaired) electrons. The van der Waals surface area contributed by atoms with Crippen LogP contribution < -0.4 is 11.1 Å². The summed E-state index contributed by atoms with van der Waals surface area (Å²) in [7, 11) is 0. The Labute approximate surface area is 278 Å². The molecule has 2 aliphatic heterocycles. The van der Waals surface area contributed by atoms with Crippen LogP contribution in [0, 0.1) is 0 Å². The summed E-state index contributed by atoms with van der Waals surface area (Å²) in [6, 6.07) is 12.5. The van der Waals surface area contributed by atoms with Crippen molar-refractivity contribution in [3.8, 4) is 5.75 Å². The fourth-order valence-electron chi connectivity index (χ4n) is 5.83. The molecule has 4 amide bonds. The maximum atomic E-state index is 14.1. The van der Waals surface area contributed by atoms with E-state index in [9.17, 15) is 19.5 Å². The van der Waals surface area contributed by atoms with Gasteiger partial charge in [-0.3, -0.25) is 19.6 Å². The van der Waals surface area contributed by atoms with Gasteiger partial charge in [0, 0.05) is 25.2 Å². The zero-order chi connectivity index (χ0) is 32.5. The number of para-hydroxylation sites is 1. The molecule has 4 N–H and O–H groups in total. The van der Waals surface area contributed by atoms with Gasteiger partial charge < -0.3 is 26.0 Å². The smallest absolute Gasteiger partial charge is 0.332 e. The normalized spacial score (nSPS) is 18.2. The largest absolute Gasteiger partial charge is 0.506 e. The van der Waals surface area contributed by atoms with Gasteiger partial charge in [-0.05, 0) is 41.5 Å². The zero-order valence-electron chi connectivity index (χ0n) is 24.5. The summed E-state index contributed by atoms with van der Waals surface area (Å²) in [5, 5.41) is 16.9. The van der Waals surface area contributed by atoms with Crippen molar-refractivity contribution in [2.45, 2.75) is 31.7 Å². The number of urea groups is 1. The Balaban J connectivity index is 1.31. The average molecular weight is 682 g/mol. The molecule has 12 nitrogen and oxygen atoms in total. The van der Waals surface area contributed by atoms with E-state index >= 15 is 0 Å². The third-order valence-electron chi connectivity index (χ3n) is 7.93. The van der Waals surface area contributed by atoms with Crippen molar-refractivity contribution in [2.24, 2.45) is 0 Å². The highest BCUT2D eigenvalue weighted by molar-refractivity contribution is 7.22. The molecule has 4 heterocycles. The maximum absolute atomic E-state index is 14.1. The molecule has 6 rings (SSSR count). The van der Waals surface area contributed by atoms with Crippen molar-refractivity contribution < 1.29 is 19.5 Å². The van der Waals surface area contributed by atoms with Crippen LogP contribution in [0.25, 0.3) is 10.2 Å². The highest BCUT2D eigenvalue weighted by atomic mass is 35.5. The van der Waals surface area contributed by atoms with Crippen LogP contribution in [0.5, 0.6) is 5.75 Å². The number of nitrogens with two attached hydrogens (primary N) is 1. The molecule has 2 atom stereocenters. The van der Waals surface area contributed by atoms with Crippen LogP contribution >= 0.6 is 34.5 Å². The fourth-order valence-corrected chi connectivity index (χ4v) is 6.93. The first-order valence-corrected chi connectivity index (χ1v) is 15.9. The topological polar surface area (TPSA) is 148 Å². The number of pyridine rings is 1. The van der Waals surface area contributed by atoms with Gasteiger partial charge in [-0.25, -0.2) is 9.78 Å². The molecule has 2 aromatic carbocycles. The molecule has 0 bridgehead atoms. The highest BCUT2D eigenvalue weighted by Gasteiger charge is 2.52. The number of piperazine rings is 1. The van der Waals surface area contributed by atoms with Crippen molar-refractivity contribution in [1.29, 1.82) is 0 Å². The number of anilines is 1. The van der Waals surface area contributed by atoms with Crippen molar-refractivity contribution in [2.75, 3.05) is 25.4 Å². The van der Waals surface area contributed by atoms with Crippen LogP contribution in [-0.4, -0.2) is 84.6 Å². The van der Waals surface area contributed by atoms with Gasteiger partial charge in [0.2, 0.25) is 11.8 Å². The summed E-state index contributed by atoms with van der Waals surface area (Å²) in [6.07, 6.45) is 2.32. The Hall–Kier alpha value is -4.43. The molecule has 4 aromatic rings. The monoisotopic (exact) mass is 680 g/mol. The van der Waals surface area contributed by atoms with E-state index in [0.29, 0.717) is 26.4 Å². The molecular weight excluding hydrogens is 651 g/mol. The van der Waals surface area contributed by atoms with Crippen molar-refractivity contribution >= 4 is 67.7 Å². The number of nitrogens with one attached hydrogen (secondary N) is 1. The minimum atomic E-state index is -0.905. The number of halogens is 2. The summed E-state index contributed by atoms with van der Waals surface area (Å²) in [4.78, 5) is 53.4. The number of aromatic hydroxyl groups is 1. The average Bonchev–Trinajstić information content (AvgIpc) is 3.58. The molecule has 0 saturated carbocycles. The summed E-state index contributed by atoms with van der Waals surface area (Å²) >= 11 is 13.6. The number of rotatable bonds is 9. The van der Waals surface area contributed by atoms with Crippen molar-refractivity contribution in [3.63, 3.8) is 0 Å². The standard InChI is InChI=1S/C31H30Cl2N8O4S/c1-2-10-39(31(45)36-13-18-6-9-22(32)23(33)11-18)40-17-27(43)41-24(12-20-7-8-21(42)14-35-20)29(44)38(16-26(40)41)15-19-4-3-5-25-28(19)37-30(34)46-25/h2-9,11,14,24,26,42H,1,10,12-13,15-17H2,(H2,34,37)(H,36,45)/t24-,26+/m0/s1. The number of nitrogens with zero attached hydrogens (tertiary/aromatic N) is 6. The minimum absolute atomic E-state index is 0.00997. The van der Waals surface area contributed by atoms with Crippen LogP contribution in [0.4, 0.5) is 9.93 Å². The van der Waals surface area contributed by atoms with Crippen LogP contribution in [-0.2, 0) is 29.1 Å². The van der Waals surface area contributed by atoms with Crippen molar-refractivity contribution in [3.05, 3.63) is 94.2 Å². The fraction of sp³-hybridized carbons (Fsp3) is 0.258. The van der Waals surface area contributed by atoms with Gasteiger partial charge in [-0.15, -0.1) is 6.58 Å². The van der Waals surface area contributed by atoms with Crippen LogP contribution in [0.1, 0.15) is 16.8 Å². The van der Waals surface area contributed by atoms with Gasteiger partial charge in [-0.1, -0.05) is 58.8 Å². The number of hydrazine groups is 1. The van der Waals surface area contributed by atoms with E-state index in [-0.39, 0.29) is 56.7 Å². The van der Waals surface area contributed by atoms with E-state index in [2.05, 4.69) is 21.9 Å². The Kier molecular flexibility index (Phi) is 9.00.